The lowest BCUT2D eigenvalue weighted by Crippen LogP contribution is -2.37. The third kappa shape index (κ3) is 30.2. The molecule has 0 aliphatic heterocycles. The van der Waals surface area contributed by atoms with Crippen molar-refractivity contribution in [2.24, 2.45) is 0 Å². The Morgan fingerprint density at radius 2 is 1.29 bits per heavy atom. The highest BCUT2D eigenvalue weighted by molar-refractivity contribution is 7.45. The van der Waals surface area contributed by atoms with Crippen molar-refractivity contribution in [2.45, 2.75) is 116 Å². The van der Waals surface area contributed by atoms with Crippen molar-refractivity contribution < 1.29 is 37.3 Å². The first-order valence-corrected chi connectivity index (χ1v) is 17.7. The van der Waals surface area contributed by atoms with Crippen LogP contribution in [0.25, 0.3) is 0 Å². The Morgan fingerprint density at radius 1 is 0.738 bits per heavy atom. The van der Waals surface area contributed by atoms with E-state index in [2.05, 4.69) is 43.4 Å². The van der Waals surface area contributed by atoms with E-state index in [1.165, 1.54) is 57.8 Å². The van der Waals surface area contributed by atoms with Crippen LogP contribution in [0.15, 0.2) is 36.5 Å². The average Bonchev–Trinajstić information content (AvgIpc) is 2.93. The quantitative estimate of drug-likeness (QED) is 0.0280. The number of ether oxygens (including phenoxy) is 2. The number of hydrogen-bond donors (Lipinski definition) is 0. The molecule has 0 aromatic heterocycles. The first-order chi connectivity index (χ1) is 20.1. The van der Waals surface area contributed by atoms with Gasteiger partial charge in [0.05, 0.1) is 34.4 Å². The molecule has 0 amide bonds. The van der Waals surface area contributed by atoms with E-state index in [1.54, 1.807) is 6.92 Å². The fourth-order valence-corrected chi connectivity index (χ4v) is 4.61. The maximum absolute atomic E-state index is 12.0. The summed E-state index contributed by atoms with van der Waals surface area (Å²) in [6.45, 7) is 4.75. The van der Waals surface area contributed by atoms with Gasteiger partial charge in [0.2, 0.25) is 0 Å². The molecular formula is C33H62NO7P. The second kappa shape index (κ2) is 27.3. The van der Waals surface area contributed by atoms with Crippen LogP contribution >= 0.6 is 7.82 Å². The molecule has 0 radical (unpaired) electrons. The van der Waals surface area contributed by atoms with E-state index < -0.39 is 19.9 Å². The molecule has 0 aliphatic rings. The molecule has 2 atom stereocenters. The van der Waals surface area contributed by atoms with Crippen LogP contribution in [0.2, 0.25) is 0 Å². The van der Waals surface area contributed by atoms with Gasteiger partial charge in [-0.25, -0.2) is 0 Å². The van der Waals surface area contributed by atoms with Gasteiger partial charge in [0.15, 0.2) is 0 Å². The van der Waals surface area contributed by atoms with E-state index in [9.17, 15) is 14.3 Å². The maximum atomic E-state index is 12.0. The van der Waals surface area contributed by atoms with Crippen LogP contribution in [0, 0.1) is 0 Å². The molecule has 8 nitrogen and oxygen atoms in total. The Morgan fingerprint density at radius 3 is 1.86 bits per heavy atom. The number of rotatable bonds is 29. The van der Waals surface area contributed by atoms with Gasteiger partial charge in [-0.2, -0.15) is 0 Å². The minimum Gasteiger partial charge on any atom is -0.756 e. The predicted molar refractivity (Wildman–Crippen MR) is 171 cm³/mol. The highest BCUT2D eigenvalue weighted by Gasteiger charge is 2.19. The Kier molecular flexibility index (Phi) is 26.5. The van der Waals surface area contributed by atoms with Crippen LogP contribution < -0.4 is 4.89 Å². The number of phosphoric acid groups is 1. The molecule has 0 aromatic rings. The first-order valence-electron chi connectivity index (χ1n) is 16.2. The Hall–Kier alpha value is -1.28. The van der Waals surface area contributed by atoms with Crippen LogP contribution in [0.3, 0.4) is 0 Å². The predicted octanol–water partition coefficient (Wildman–Crippen LogP) is 7.68. The van der Waals surface area contributed by atoms with Crippen molar-refractivity contribution in [3.05, 3.63) is 36.5 Å². The molecule has 9 heteroatoms. The van der Waals surface area contributed by atoms with E-state index in [0.717, 1.165) is 32.1 Å². The lowest BCUT2D eigenvalue weighted by molar-refractivity contribution is -0.870. The van der Waals surface area contributed by atoms with Crippen molar-refractivity contribution in [3.63, 3.8) is 0 Å². The van der Waals surface area contributed by atoms with Crippen molar-refractivity contribution in [1.29, 1.82) is 0 Å². The third-order valence-electron chi connectivity index (χ3n) is 6.50. The number of carbonyl (C=O) groups is 1. The zero-order chi connectivity index (χ0) is 31.4. The van der Waals surface area contributed by atoms with Crippen molar-refractivity contribution in [2.75, 3.05) is 54.1 Å². The van der Waals surface area contributed by atoms with Gasteiger partial charge in [-0.15, -0.1) is 0 Å². The molecule has 0 N–H and O–H groups in total. The molecule has 0 spiro atoms. The molecular weight excluding hydrogens is 553 g/mol. The van der Waals surface area contributed by atoms with Crippen LogP contribution in [0.1, 0.15) is 110 Å². The molecule has 246 valence electrons. The average molecular weight is 616 g/mol. The van der Waals surface area contributed by atoms with Crippen molar-refractivity contribution in [1.82, 2.24) is 0 Å². The molecule has 0 saturated heterocycles. The zero-order valence-electron chi connectivity index (χ0n) is 27.4. The minimum atomic E-state index is -4.48. The third-order valence-corrected chi connectivity index (χ3v) is 7.46. The lowest BCUT2D eigenvalue weighted by atomic mass is 10.1. The molecule has 0 rings (SSSR count). The van der Waals surface area contributed by atoms with Crippen LogP contribution in [-0.4, -0.2) is 70.7 Å². The zero-order valence-corrected chi connectivity index (χ0v) is 28.3. The summed E-state index contributed by atoms with van der Waals surface area (Å²) in [6, 6.07) is 0. The number of nitrogens with zero attached hydrogens (tertiary/aromatic N) is 1. The standard InChI is InChI=1S/C33H62NO7P/c1-6-8-9-10-11-12-13-14-15-16-17-18-19-20-21-22-23-24-25-26-28-38-30-32(41-33(35)7-2)31-40-42(36,37)39-29-27-34(3,4)5/h11-12,14-15,17-18,32H,6-10,13,16,19-31H2,1-5H3/b12-11-,15-14-,18-17-. The number of quaternary nitrogens is 1. The summed E-state index contributed by atoms with van der Waals surface area (Å²) in [6.07, 6.45) is 29.5. The lowest BCUT2D eigenvalue weighted by Gasteiger charge is -2.28. The highest BCUT2D eigenvalue weighted by atomic mass is 31.2. The SMILES string of the molecule is CCCCC/C=C\C/C=C\C/C=C\CCCCCCCCCOCC(COP(=O)([O-])OCC[N+](C)(C)C)OC(=O)CC. The topological polar surface area (TPSA) is 94.1 Å². The van der Waals surface area contributed by atoms with Gasteiger partial charge in [-0.1, -0.05) is 95.2 Å². The second-order valence-electron chi connectivity index (χ2n) is 11.8. The van der Waals surface area contributed by atoms with Gasteiger partial charge in [-0.05, 0) is 44.9 Å². The van der Waals surface area contributed by atoms with E-state index in [1.807, 2.05) is 21.1 Å². The summed E-state index contributed by atoms with van der Waals surface area (Å²) in [7, 11) is 1.33. The van der Waals surface area contributed by atoms with Crippen LogP contribution in [0.5, 0.6) is 0 Å². The van der Waals surface area contributed by atoms with Gasteiger partial charge in [0, 0.05) is 13.0 Å². The Labute approximate surface area is 257 Å². The molecule has 0 aliphatic carbocycles. The second-order valence-corrected chi connectivity index (χ2v) is 13.2. The summed E-state index contributed by atoms with van der Waals surface area (Å²) in [5, 5.41) is 0. The van der Waals surface area contributed by atoms with E-state index >= 15 is 0 Å². The Bertz CT molecular complexity index is 777. The number of esters is 1. The largest absolute Gasteiger partial charge is 0.756 e. The summed E-state index contributed by atoms with van der Waals surface area (Å²) in [5.41, 5.74) is 0. The number of likely N-dealkylation sites (N-methyl/N-ethyl adjacent to an activating group) is 1. The van der Waals surface area contributed by atoms with Gasteiger partial charge >= 0.3 is 5.97 Å². The van der Waals surface area contributed by atoms with Crippen LogP contribution in [0.4, 0.5) is 0 Å². The normalized spacial score (nSPS) is 14.7. The molecule has 0 bridgehead atoms. The van der Waals surface area contributed by atoms with Gasteiger partial charge in [0.25, 0.3) is 7.82 Å². The molecule has 0 heterocycles. The fourth-order valence-electron chi connectivity index (χ4n) is 3.88. The van der Waals surface area contributed by atoms with Gasteiger partial charge < -0.3 is 27.9 Å². The van der Waals surface area contributed by atoms with E-state index in [0.29, 0.717) is 17.6 Å². The molecule has 0 saturated carbocycles. The number of unbranched alkanes of at least 4 members (excludes halogenated alkanes) is 10. The van der Waals surface area contributed by atoms with Gasteiger partial charge in [0.1, 0.15) is 19.3 Å². The smallest absolute Gasteiger partial charge is 0.305 e. The van der Waals surface area contributed by atoms with Gasteiger partial charge in [-0.3, -0.25) is 9.36 Å². The van der Waals surface area contributed by atoms with Crippen molar-refractivity contribution in [3.8, 4) is 0 Å². The Balaban J connectivity index is 3.83. The number of allylic oxidation sites excluding steroid dienone is 6. The molecule has 0 aromatic carbocycles. The highest BCUT2D eigenvalue weighted by Crippen LogP contribution is 2.38. The summed E-state index contributed by atoms with van der Waals surface area (Å²) >= 11 is 0. The summed E-state index contributed by atoms with van der Waals surface area (Å²) < 4.78 is 33.4. The van der Waals surface area contributed by atoms with Crippen LogP contribution in [-0.2, 0) is 27.9 Å². The number of phosphoric ester groups is 1. The summed E-state index contributed by atoms with van der Waals surface area (Å²) in [5.74, 6) is -0.428. The molecule has 0 fully saturated rings. The number of carbonyl (C=O) groups excluding carboxylic acids is 1. The maximum Gasteiger partial charge on any atom is 0.305 e. The van der Waals surface area contributed by atoms with E-state index in [-0.39, 0.29) is 26.2 Å². The first kappa shape index (κ1) is 40.7. The fraction of sp³-hybridized carbons (Fsp3) is 0.788. The van der Waals surface area contributed by atoms with E-state index in [4.69, 9.17) is 18.5 Å². The number of hydrogen-bond acceptors (Lipinski definition) is 7. The van der Waals surface area contributed by atoms with Crippen molar-refractivity contribution >= 4 is 13.8 Å². The molecule has 2 unspecified atom stereocenters. The minimum absolute atomic E-state index is 0.0206. The monoisotopic (exact) mass is 615 g/mol. The summed E-state index contributed by atoms with van der Waals surface area (Å²) in [4.78, 5) is 23.8. The molecule has 42 heavy (non-hydrogen) atoms.